The van der Waals surface area contributed by atoms with E-state index in [1.807, 2.05) is 48.5 Å². The summed E-state index contributed by atoms with van der Waals surface area (Å²) in [5, 5.41) is 7.86. The van der Waals surface area contributed by atoms with Crippen molar-refractivity contribution in [1.82, 2.24) is 20.0 Å². The van der Waals surface area contributed by atoms with Crippen molar-refractivity contribution in [2.45, 2.75) is 13.0 Å². The van der Waals surface area contributed by atoms with Crippen LogP contribution in [0.4, 0.5) is 0 Å². The number of aromatic nitrogens is 2. The molecule has 1 fully saturated rings. The number of amides is 1. The van der Waals surface area contributed by atoms with Crippen LogP contribution in [0.15, 0.2) is 54.7 Å². The number of hydrogen-bond acceptors (Lipinski definition) is 6. The molecule has 1 aliphatic rings. The number of nitrogens with one attached hydrogen (secondary N) is 1. The Morgan fingerprint density at radius 1 is 1.12 bits per heavy atom. The summed E-state index contributed by atoms with van der Waals surface area (Å²) in [7, 11) is 3.21. The number of rotatable bonds is 8. The summed E-state index contributed by atoms with van der Waals surface area (Å²) in [6.45, 7) is 5.84. The predicted octanol–water partition coefficient (Wildman–Crippen LogP) is 3.01. The normalized spacial score (nSPS) is 15.1. The van der Waals surface area contributed by atoms with E-state index in [0.717, 1.165) is 32.0 Å². The molecule has 1 saturated heterocycles. The molecule has 0 aliphatic carbocycles. The van der Waals surface area contributed by atoms with E-state index in [0.29, 0.717) is 34.9 Å². The Morgan fingerprint density at radius 2 is 1.88 bits per heavy atom. The van der Waals surface area contributed by atoms with Crippen molar-refractivity contribution in [3.8, 4) is 28.4 Å². The zero-order valence-corrected chi connectivity index (χ0v) is 19.3. The topological polar surface area (TPSA) is 77.8 Å². The molecular weight excluding hydrogens is 420 g/mol. The van der Waals surface area contributed by atoms with Gasteiger partial charge in [-0.15, -0.1) is 0 Å². The van der Waals surface area contributed by atoms with E-state index in [1.165, 1.54) is 0 Å². The molecule has 0 radical (unpaired) electrons. The van der Waals surface area contributed by atoms with Gasteiger partial charge >= 0.3 is 0 Å². The molecule has 0 spiro atoms. The third-order valence-corrected chi connectivity index (χ3v) is 5.87. The quantitative estimate of drug-likeness (QED) is 0.569. The molecule has 174 valence electrons. The highest BCUT2D eigenvalue weighted by molar-refractivity contribution is 6.00. The Bertz CT molecular complexity index is 1080. The predicted molar refractivity (Wildman–Crippen MR) is 126 cm³/mol. The van der Waals surface area contributed by atoms with Crippen LogP contribution in [0.2, 0.25) is 0 Å². The number of hydrogen-bond donors (Lipinski definition) is 1. The molecule has 8 heteroatoms. The molecule has 1 amide bonds. The molecule has 1 aliphatic heterocycles. The van der Waals surface area contributed by atoms with Gasteiger partial charge in [0.1, 0.15) is 17.2 Å². The molecule has 1 N–H and O–H groups in total. The van der Waals surface area contributed by atoms with Gasteiger partial charge in [-0.2, -0.15) is 5.10 Å². The third kappa shape index (κ3) is 5.18. The third-order valence-electron chi connectivity index (χ3n) is 5.87. The average Bonchev–Trinajstić information content (AvgIpc) is 3.33. The van der Waals surface area contributed by atoms with Crippen LogP contribution in [0.3, 0.4) is 0 Å². The fourth-order valence-corrected chi connectivity index (χ4v) is 3.93. The lowest BCUT2D eigenvalue weighted by Crippen LogP contribution is -2.47. The Morgan fingerprint density at radius 3 is 2.58 bits per heavy atom. The molecule has 2 heterocycles. The molecule has 1 atom stereocenters. The van der Waals surface area contributed by atoms with Gasteiger partial charge in [0.2, 0.25) is 0 Å². The van der Waals surface area contributed by atoms with Gasteiger partial charge in [-0.25, -0.2) is 4.68 Å². The molecule has 4 rings (SSSR count). The fraction of sp³-hybridized carbons (Fsp3) is 0.360. The molecule has 0 saturated carbocycles. The second kappa shape index (κ2) is 10.5. The first-order chi connectivity index (χ1) is 16.1. The zero-order chi connectivity index (χ0) is 23.2. The van der Waals surface area contributed by atoms with Crippen molar-refractivity contribution >= 4 is 5.91 Å². The van der Waals surface area contributed by atoms with Crippen molar-refractivity contribution < 1.29 is 19.0 Å². The van der Waals surface area contributed by atoms with Crippen LogP contribution < -0.4 is 14.8 Å². The Labute approximate surface area is 194 Å². The molecule has 1 aromatic heterocycles. The van der Waals surface area contributed by atoms with Gasteiger partial charge in [0.25, 0.3) is 5.91 Å². The van der Waals surface area contributed by atoms with Crippen LogP contribution in [-0.4, -0.2) is 73.7 Å². The summed E-state index contributed by atoms with van der Waals surface area (Å²) in [5.41, 5.74) is 2.56. The van der Waals surface area contributed by atoms with Gasteiger partial charge in [0, 0.05) is 37.4 Å². The Hall–Kier alpha value is -3.36. The van der Waals surface area contributed by atoms with Crippen LogP contribution in [0, 0.1) is 0 Å². The molecule has 1 unspecified atom stereocenters. The molecule has 0 bridgehead atoms. The Kier molecular flexibility index (Phi) is 7.26. The highest BCUT2D eigenvalue weighted by atomic mass is 16.5. The number of morpholine rings is 1. The van der Waals surface area contributed by atoms with E-state index >= 15 is 0 Å². The second-order valence-corrected chi connectivity index (χ2v) is 7.95. The number of methoxy groups -OCH3 is 2. The maximum atomic E-state index is 13.3. The minimum Gasteiger partial charge on any atom is -0.497 e. The fourth-order valence-electron chi connectivity index (χ4n) is 3.93. The number of para-hydroxylation sites is 1. The molecular formula is C25H30N4O4. The van der Waals surface area contributed by atoms with Crippen molar-refractivity contribution in [1.29, 1.82) is 0 Å². The minimum absolute atomic E-state index is 0.183. The summed E-state index contributed by atoms with van der Waals surface area (Å²) in [4.78, 5) is 15.7. The standard InChI is InChI=1S/C25H30N4O4/c1-18(28-11-13-33-14-12-28)16-26-25(30)22-17-29(19-7-5-4-6-8-19)27-24(22)21-15-20(31-2)9-10-23(21)32-3/h4-10,15,17-18H,11-14,16H2,1-3H3,(H,26,30). The highest BCUT2D eigenvalue weighted by Gasteiger charge is 2.23. The minimum atomic E-state index is -0.183. The van der Waals surface area contributed by atoms with E-state index in [4.69, 9.17) is 19.3 Å². The van der Waals surface area contributed by atoms with Crippen LogP contribution in [0.1, 0.15) is 17.3 Å². The first kappa shape index (κ1) is 22.8. The van der Waals surface area contributed by atoms with Gasteiger partial charge in [0.15, 0.2) is 0 Å². The van der Waals surface area contributed by atoms with Crippen molar-refractivity contribution in [2.75, 3.05) is 47.1 Å². The van der Waals surface area contributed by atoms with Gasteiger partial charge < -0.3 is 19.5 Å². The molecule has 3 aromatic rings. The molecule has 2 aromatic carbocycles. The first-order valence-corrected chi connectivity index (χ1v) is 11.1. The number of ether oxygens (including phenoxy) is 3. The molecule has 33 heavy (non-hydrogen) atoms. The lowest BCUT2D eigenvalue weighted by atomic mass is 10.1. The van der Waals surface area contributed by atoms with Crippen LogP contribution >= 0.6 is 0 Å². The second-order valence-electron chi connectivity index (χ2n) is 7.95. The number of carbonyl (C=O) groups excluding carboxylic acids is 1. The van der Waals surface area contributed by atoms with Gasteiger partial charge in [-0.3, -0.25) is 9.69 Å². The SMILES string of the molecule is COc1ccc(OC)c(-c2nn(-c3ccccc3)cc2C(=O)NCC(C)N2CCOCC2)c1. The van der Waals surface area contributed by atoms with Crippen LogP contribution in [-0.2, 0) is 4.74 Å². The maximum absolute atomic E-state index is 13.3. The van der Waals surface area contributed by atoms with Gasteiger partial charge in [-0.1, -0.05) is 18.2 Å². The number of benzene rings is 2. The zero-order valence-electron chi connectivity index (χ0n) is 19.3. The lowest BCUT2D eigenvalue weighted by molar-refractivity contribution is 0.0204. The number of nitrogens with zero attached hydrogens (tertiary/aromatic N) is 3. The first-order valence-electron chi connectivity index (χ1n) is 11.1. The summed E-state index contributed by atoms with van der Waals surface area (Å²) in [5.74, 6) is 1.09. The van der Waals surface area contributed by atoms with E-state index < -0.39 is 0 Å². The summed E-state index contributed by atoms with van der Waals surface area (Å²) >= 11 is 0. The maximum Gasteiger partial charge on any atom is 0.255 e. The van der Waals surface area contributed by atoms with Crippen LogP contribution in [0.5, 0.6) is 11.5 Å². The van der Waals surface area contributed by atoms with Crippen LogP contribution in [0.25, 0.3) is 16.9 Å². The summed E-state index contributed by atoms with van der Waals surface area (Å²) in [6, 6.07) is 15.4. The summed E-state index contributed by atoms with van der Waals surface area (Å²) < 4.78 is 18.1. The van der Waals surface area contributed by atoms with Crippen molar-refractivity contribution in [3.05, 3.63) is 60.3 Å². The van der Waals surface area contributed by atoms with E-state index in [1.54, 1.807) is 25.1 Å². The lowest BCUT2D eigenvalue weighted by Gasteiger charge is -2.32. The monoisotopic (exact) mass is 450 g/mol. The average molecular weight is 451 g/mol. The smallest absolute Gasteiger partial charge is 0.255 e. The van der Waals surface area contributed by atoms with E-state index in [2.05, 4.69) is 17.1 Å². The Balaban J connectivity index is 1.66. The van der Waals surface area contributed by atoms with Gasteiger partial charge in [-0.05, 0) is 37.3 Å². The summed E-state index contributed by atoms with van der Waals surface area (Å²) in [6.07, 6.45) is 1.76. The van der Waals surface area contributed by atoms with E-state index in [-0.39, 0.29) is 11.9 Å². The largest absolute Gasteiger partial charge is 0.497 e. The van der Waals surface area contributed by atoms with Crippen molar-refractivity contribution in [3.63, 3.8) is 0 Å². The van der Waals surface area contributed by atoms with Crippen molar-refractivity contribution in [2.24, 2.45) is 0 Å². The highest BCUT2D eigenvalue weighted by Crippen LogP contribution is 2.35. The molecule has 8 nitrogen and oxygen atoms in total. The number of carbonyl (C=O) groups is 1. The van der Waals surface area contributed by atoms with Gasteiger partial charge in [0.05, 0.1) is 38.7 Å². The van der Waals surface area contributed by atoms with E-state index in [9.17, 15) is 4.79 Å².